The fraction of sp³-hybridized carbons (Fsp3) is 0.500. The van der Waals surface area contributed by atoms with E-state index in [1.165, 1.54) is 0 Å². The monoisotopic (exact) mass is 254 g/mol. The summed E-state index contributed by atoms with van der Waals surface area (Å²) < 4.78 is 5.19. The highest BCUT2D eigenvalue weighted by Gasteiger charge is 2.18. The fourth-order valence-electron chi connectivity index (χ4n) is 1.44. The van der Waals surface area contributed by atoms with Crippen molar-refractivity contribution in [1.82, 2.24) is 10.2 Å². The standard InChI is InChI=1S/C12H18N2O4/c1-9(2)14(8-10-4-3-7-18-10)12(17)13-6-5-11(15)16/h3-4,7,9H,5-6,8H2,1-2H3,(H,13,17)(H,15,16). The predicted octanol–water partition coefficient (Wildman–Crippen LogP) is 1.67. The van der Waals surface area contributed by atoms with Crippen LogP contribution in [0.2, 0.25) is 0 Å². The Morgan fingerprint density at radius 1 is 1.50 bits per heavy atom. The first-order valence-corrected chi connectivity index (χ1v) is 5.79. The van der Waals surface area contributed by atoms with E-state index < -0.39 is 5.97 Å². The van der Waals surface area contributed by atoms with Gasteiger partial charge in [-0.1, -0.05) is 0 Å². The van der Waals surface area contributed by atoms with Crippen molar-refractivity contribution in [1.29, 1.82) is 0 Å². The lowest BCUT2D eigenvalue weighted by atomic mass is 10.3. The summed E-state index contributed by atoms with van der Waals surface area (Å²) in [7, 11) is 0. The molecule has 1 heterocycles. The summed E-state index contributed by atoms with van der Waals surface area (Å²) in [5, 5.41) is 11.1. The highest BCUT2D eigenvalue weighted by atomic mass is 16.4. The average Bonchev–Trinajstić information content (AvgIpc) is 2.77. The molecule has 0 bridgehead atoms. The second kappa shape index (κ2) is 6.68. The molecule has 6 heteroatoms. The van der Waals surface area contributed by atoms with E-state index >= 15 is 0 Å². The van der Waals surface area contributed by atoms with Crippen LogP contribution in [0.5, 0.6) is 0 Å². The van der Waals surface area contributed by atoms with Gasteiger partial charge in [0.2, 0.25) is 0 Å². The molecule has 18 heavy (non-hydrogen) atoms. The number of aliphatic carboxylic acids is 1. The van der Waals surface area contributed by atoms with Crippen molar-refractivity contribution >= 4 is 12.0 Å². The van der Waals surface area contributed by atoms with Crippen molar-refractivity contribution in [2.24, 2.45) is 0 Å². The van der Waals surface area contributed by atoms with E-state index in [2.05, 4.69) is 5.32 Å². The van der Waals surface area contributed by atoms with Gasteiger partial charge in [0.1, 0.15) is 5.76 Å². The van der Waals surface area contributed by atoms with E-state index in [0.717, 1.165) is 0 Å². The lowest BCUT2D eigenvalue weighted by Crippen LogP contribution is -2.43. The van der Waals surface area contributed by atoms with Crippen molar-refractivity contribution < 1.29 is 19.1 Å². The molecule has 2 amide bonds. The third-order valence-electron chi connectivity index (χ3n) is 2.41. The minimum Gasteiger partial charge on any atom is -0.481 e. The van der Waals surface area contributed by atoms with Crippen LogP contribution in [0.15, 0.2) is 22.8 Å². The molecule has 0 aliphatic carbocycles. The van der Waals surface area contributed by atoms with E-state index in [4.69, 9.17) is 9.52 Å². The number of carboxylic acids is 1. The van der Waals surface area contributed by atoms with Gasteiger partial charge in [-0.25, -0.2) is 4.79 Å². The first kappa shape index (κ1) is 14.1. The van der Waals surface area contributed by atoms with E-state index in [0.29, 0.717) is 12.3 Å². The van der Waals surface area contributed by atoms with Crippen LogP contribution in [0, 0.1) is 0 Å². The Bertz CT molecular complexity index is 387. The van der Waals surface area contributed by atoms with E-state index in [9.17, 15) is 9.59 Å². The maximum Gasteiger partial charge on any atom is 0.318 e. The predicted molar refractivity (Wildman–Crippen MR) is 65.0 cm³/mol. The van der Waals surface area contributed by atoms with Crippen molar-refractivity contribution in [3.63, 3.8) is 0 Å². The van der Waals surface area contributed by atoms with Crippen LogP contribution >= 0.6 is 0 Å². The van der Waals surface area contributed by atoms with Crippen molar-refractivity contribution in [2.75, 3.05) is 6.54 Å². The third-order valence-corrected chi connectivity index (χ3v) is 2.41. The normalized spacial score (nSPS) is 10.4. The first-order valence-electron chi connectivity index (χ1n) is 5.79. The van der Waals surface area contributed by atoms with Crippen LogP contribution in [0.25, 0.3) is 0 Å². The molecule has 0 aliphatic rings. The van der Waals surface area contributed by atoms with Crippen LogP contribution in [-0.2, 0) is 11.3 Å². The number of furan rings is 1. The number of nitrogens with zero attached hydrogens (tertiary/aromatic N) is 1. The molecule has 0 spiro atoms. The molecule has 0 aliphatic heterocycles. The van der Waals surface area contributed by atoms with Crippen LogP contribution < -0.4 is 5.32 Å². The van der Waals surface area contributed by atoms with Gasteiger partial charge in [0, 0.05) is 12.6 Å². The Balaban J connectivity index is 2.50. The van der Waals surface area contributed by atoms with Gasteiger partial charge in [-0.15, -0.1) is 0 Å². The second-order valence-electron chi connectivity index (χ2n) is 4.18. The van der Waals surface area contributed by atoms with Gasteiger partial charge >= 0.3 is 12.0 Å². The average molecular weight is 254 g/mol. The van der Waals surface area contributed by atoms with Gasteiger partial charge in [-0.3, -0.25) is 4.79 Å². The molecular weight excluding hydrogens is 236 g/mol. The van der Waals surface area contributed by atoms with Crippen molar-refractivity contribution in [2.45, 2.75) is 32.9 Å². The lowest BCUT2D eigenvalue weighted by Gasteiger charge is -2.25. The summed E-state index contributed by atoms with van der Waals surface area (Å²) in [5.74, 6) is -0.241. The summed E-state index contributed by atoms with van der Waals surface area (Å²) >= 11 is 0. The highest BCUT2D eigenvalue weighted by Crippen LogP contribution is 2.09. The Labute approximate surface area is 106 Å². The van der Waals surface area contributed by atoms with Gasteiger partial charge in [0.25, 0.3) is 0 Å². The maximum atomic E-state index is 11.9. The number of carboxylic acid groups (broad SMARTS) is 1. The minimum atomic E-state index is -0.933. The number of rotatable bonds is 6. The molecule has 2 N–H and O–H groups in total. The van der Waals surface area contributed by atoms with E-state index in [-0.39, 0.29) is 25.0 Å². The van der Waals surface area contributed by atoms with E-state index in [1.807, 2.05) is 13.8 Å². The lowest BCUT2D eigenvalue weighted by molar-refractivity contribution is -0.136. The zero-order valence-corrected chi connectivity index (χ0v) is 10.5. The molecule has 0 atom stereocenters. The number of carbonyl (C=O) groups is 2. The molecule has 0 radical (unpaired) electrons. The molecule has 0 fully saturated rings. The third kappa shape index (κ3) is 4.48. The summed E-state index contributed by atoms with van der Waals surface area (Å²) in [4.78, 5) is 23.8. The van der Waals surface area contributed by atoms with Crippen molar-refractivity contribution in [3.8, 4) is 0 Å². The number of nitrogens with one attached hydrogen (secondary N) is 1. The van der Waals surface area contributed by atoms with Crippen LogP contribution in [-0.4, -0.2) is 34.6 Å². The van der Waals surface area contributed by atoms with Gasteiger partial charge in [0.15, 0.2) is 0 Å². The quantitative estimate of drug-likeness (QED) is 0.809. The minimum absolute atomic E-state index is 0.0000666. The van der Waals surface area contributed by atoms with Crippen LogP contribution in [0.3, 0.4) is 0 Å². The highest BCUT2D eigenvalue weighted by molar-refractivity contribution is 5.75. The van der Waals surface area contributed by atoms with Gasteiger partial charge in [0.05, 0.1) is 19.2 Å². The molecule has 1 rings (SSSR count). The molecule has 0 aromatic carbocycles. The number of urea groups is 1. The number of hydrogen-bond donors (Lipinski definition) is 2. The van der Waals surface area contributed by atoms with Crippen molar-refractivity contribution in [3.05, 3.63) is 24.2 Å². The van der Waals surface area contributed by atoms with Gasteiger partial charge in [-0.2, -0.15) is 0 Å². The Kier molecular flexibility index (Phi) is 5.23. The number of hydrogen-bond acceptors (Lipinski definition) is 3. The Morgan fingerprint density at radius 2 is 2.22 bits per heavy atom. The molecule has 100 valence electrons. The zero-order valence-electron chi connectivity index (χ0n) is 10.5. The summed E-state index contributed by atoms with van der Waals surface area (Å²) in [6, 6.07) is 3.26. The van der Waals surface area contributed by atoms with Crippen LogP contribution in [0.1, 0.15) is 26.0 Å². The molecule has 1 aromatic rings. The molecule has 0 saturated heterocycles. The maximum absolute atomic E-state index is 11.9. The zero-order chi connectivity index (χ0) is 13.5. The van der Waals surface area contributed by atoms with Gasteiger partial charge in [-0.05, 0) is 26.0 Å². The summed E-state index contributed by atoms with van der Waals surface area (Å²) in [5.41, 5.74) is 0. The molecule has 0 unspecified atom stereocenters. The first-order chi connectivity index (χ1) is 8.50. The molecule has 0 saturated carbocycles. The Hall–Kier alpha value is -1.98. The number of carbonyl (C=O) groups excluding carboxylic acids is 1. The topological polar surface area (TPSA) is 82.8 Å². The Morgan fingerprint density at radius 3 is 2.72 bits per heavy atom. The molecular formula is C12H18N2O4. The molecule has 1 aromatic heterocycles. The van der Waals surface area contributed by atoms with Crippen LogP contribution in [0.4, 0.5) is 4.79 Å². The summed E-state index contributed by atoms with van der Waals surface area (Å²) in [6.45, 7) is 4.26. The van der Waals surface area contributed by atoms with Gasteiger partial charge < -0.3 is 19.7 Å². The smallest absolute Gasteiger partial charge is 0.318 e. The van der Waals surface area contributed by atoms with E-state index in [1.54, 1.807) is 23.3 Å². The molecule has 6 nitrogen and oxygen atoms in total. The largest absolute Gasteiger partial charge is 0.481 e. The summed E-state index contributed by atoms with van der Waals surface area (Å²) in [6.07, 6.45) is 1.47. The SMILES string of the molecule is CC(C)N(Cc1ccco1)C(=O)NCCC(=O)O. The second-order valence-corrected chi connectivity index (χ2v) is 4.18. The number of amides is 2. The fourth-order valence-corrected chi connectivity index (χ4v) is 1.44.